The lowest BCUT2D eigenvalue weighted by Gasteiger charge is -2.02. The highest BCUT2D eigenvalue weighted by Gasteiger charge is 2.06. The Hall–Kier alpha value is -3.66. The minimum Gasteiger partial charge on any atom is -0.481 e. The summed E-state index contributed by atoms with van der Waals surface area (Å²) in [5.41, 5.74) is 1.23. The average molecular weight is 358 g/mol. The van der Waals surface area contributed by atoms with E-state index in [9.17, 15) is 9.59 Å². The van der Waals surface area contributed by atoms with E-state index in [1.54, 1.807) is 12.1 Å². The van der Waals surface area contributed by atoms with Crippen LogP contribution in [0.15, 0.2) is 84.9 Å². The van der Waals surface area contributed by atoms with Gasteiger partial charge in [0.05, 0.1) is 12.0 Å². The Labute approximate surface area is 156 Å². The van der Waals surface area contributed by atoms with Gasteiger partial charge in [0, 0.05) is 0 Å². The first-order chi connectivity index (χ1) is 13.1. The molecule has 4 rings (SSSR count). The van der Waals surface area contributed by atoms with Gasteiger partial charge in [0.25, 0.3) is 0 Å². The first-order valence-electron chi connectivity index (χ1n) is 8.46. The van der Waals surface area contributed by atoms with Crippen LogP contribution < -0.4 is 0 Å². The number of fused-ring (bicyclic) bond motifs is 2. The Morgan fingerprint density at radius 1 is 0.630 bits per heavy atom. The number of aromatic carboxylic acids is 1. The highest BCUT2D eigenvalue weighted by Crippen LogP contribution is 2.19. The van der Waals surface area contributed by atoms with Gasteiger partial charge in [-0.15, -0.1) is 0 Å². The largest absolute Gasteiger partial charge is 0.481 e. The fraction of sp³-hybridized carbons (Fsp3) is 0.0435. The first-order valence-corrected chi connectivity index (χ1v) is 8.46. The van der Waals surface area contributed by atoms with Crippen molar-refractivity contribution >= 4 is 33.5 Å². The van der Waals surface area contributed by atoms with Gasteiger partial charge in [0.15, 0.2) is 0 Å². The second-order valence-corrected chi connectivity index (χ2v) is 6.04. The van der Waals surface area contributed by atoms with E-state index in [4.69, 9.17) is 10.2 Å². The molecule has 0 bridgehead atoms. The number of carboxylic acids is 2. The predicted molar refractivity (Wildman–Crippen MR) is 106 cm³/mol. The molecule has 0 aliphatic heterocycles. The molecule has 2 N–H and O–H groups in total. The minimum atomic E-state index is -0.878. The van der Waals surface area contributed by atoms with Crippen molar-refractivity contribution in [2.45, 2.75) is 6.42 Å². The summed E-state index contributed by atoms with van der Waals surface area (Å²) in [5, 5.41) is 21.5. The van der Waals surface area contributed by atoms with Crippen molar-refractivity contribution in [2.75, 3.05) is 0 Å². The molecule has 4 aromatic carbocycles. The molecule has 0 amide bonds. The fourth-order valence-electron chi connectivity index (χ4n) is 3.02. The van der Waals surface area contributed by atoms with Crippen molar-refractivity contribution in [2.24, 2.45) is 0 Å². The van der Waals surface area contributed by atoms with Crippen LogP contribution in [0.2, 0.25) is 0 Å². The second kappa shape index (κ2) is 8.15. The molecule has 27 heavy (non-hydrogen) atoms. The van der Waals surface area contributed by atoms with E-state index in [0.717, 1.165) is 27.1 Å². The summed E-state index contributed by atoms with van der Waals surface area (Å²) in [6, 6.07) is 26.3. The quantitative estimate of drug-likeness (QED) is 0.540. The van der Waals surface area contributed by atoms with Crippen molar-refractivity contribution in [1.82, 2.24) is 0 Å². The van der Waals surface area contributed by atoms with E-state index in [2.05, 4.69) is 0 Å². The van der Waals surface area contributed by atoms with Gasteiger partial charge in [-0.05, 0) is 33.2 Å². The highest BCUT2D eigenvalue weighted by molar-refractivity contribution is 6.03. The summed E-state index contributed by atoms with van der Waals surface area (Å²) in [7, 11) is 0. The molecule has 0 aromatic heterocycles. The van der Waals surface area contributed by atoms with Crippen LogP contribution in [0.1, 0.15) is 15.9 Å². The average Bonchev–Trinajstić information content (AvgIpc) is 2.68. The van der Waals surface area contributed by atoms with E-state index < -0.39 is 11.9 Å². The molecule has 0 unspecified atom stereocenters. The lowest BCUT2D eigenvalue weighted by atomic mass is 10.0. The zero-order valence-corrected chi connectivity index (χ0v) is 14.5. The summed E-state index contributed by atoms with van der Waals surface area (Å²) in [4.78, 5) is 21.4. The lowest BCUT2D eigenvalue weighted by molar-refractivity contribution is -0.136. The molecular weight excluding hydrogens is 340 g/mol. The van der Waals surface area contributed by atoms with Gasteiger partial charge in [0.1, 0.15) is 0 Å². The Morgan fingerprint density at radius 2 is 1.15 bits per heavy atom. The molecule has 134 valence electrons. The molecule has 0 saturated heterocycles. The van der Waals surface area contributed by atoms with Gasteiger partial charge in [-0.25, -0.2) is 4.79 Å². The Morgan fingerprint density at radius 3 is 1.78 bits per heavy atom. The van der Waals surface area contributed by atoms with Crippen molar-refractivity contribution in [1.29, 1.82) is 0 Å². The van der Waals surface area contributed by atoms with E-state index in [1.807, 2.05) is 72.8 Å². The summed E-state index contributed by atoms with van der Waals surface area (Å²) >= 11 is 0. The van der Waals surface area contributed by atoms with Gasteiger partial charge in [-0.1, -0.05) is 78.9 Å². The summed E-state index contributed by atoms with van der Waals surface area (Å²) in [6.07, 6.45) is 0.0847. The van der Waals surface area contributed by atoms with Crippen LogP contribution in [0.4, 0.5) is 0 Å². The number of carbonyl (C=O) groups is 2. The van der Waals surface area contributed by atoms with Crippen LogP contribution in [0, 0.1) is 0 Å². The maximum Gasteiger partial charge on any atom is 0.336 e. The second-order valence-electron chi connectivity index (χ2n) is 6.04. The Balaban J connectivity index is 0.000000156. The van der Waals surface area contributed by atoms with Gasteiger partial charge in [0.2, 0.25) is 0 Å². The zero-order valence-electron chi connectivity index (χ0n) is 14.5. The van der Waals surface area contributed by atoms with Crippen molar-refractivity contribution in [3.05, 3.63) is 96.1 Å². The van der Waals surface area contributed by atoms with Gasteiger partial charge >= 0.3 is 11.9 Å². The van der Waals surface area contributed by atoms with Crippen LogP contribution in [0.5, 0.6) is 0 Å². The van der Waals surface area contributed by atoms with Crippen molar-refractivity contribution in [3.63, 3.8) is 0 Å². The molecule has 0 aliphatic rings. The van der Waals surface area contributed by atoms with Crippen LogP contribution in [-0.4, -0.2) is 22.2 Å². The van der Waals surface area contributed by atoms with E-state index in [0.29, 0.717) is 5.56 Å². The van der Waals surface area contributed by atoms with Gasteiger partial charge in [-0.3, -0.25) is 4.79 Å². The smallest absolute Gasteiger partial charge is 0.336 e. The van der Waals surface area contributed by atoms with Crippen molar-refractivity contribution in [3.8, 4) is 0 Å². The molecule has 4 heteroatoms. The number of rotatable bonds is 3. The number of hydrogen-bond donors (Lipinski definition) is 2. The third-order valence-electron chi connectivity index (χ3n) is 4.24. The summed E-state index contributed by atoms with van der Waals surface area (Å²) < 4.78 is 0. The molecule has 0 spiro atoms. The fourth-order valence-corrected chi connectivity index (χ4v) is 3.02. The SMILES string of the molecule is O=C(O)Cc1cccc2ccccc12.O=C(O)c1cccc2ccccc12. The number of benzene rings is 4. The van der Waals surface area contributed by atoms with Crippen LogP contribution >= 0.6 is 0 Å². The molecule has 0 fully saturated rings. The van der Waals surface area contributed by atoms with Crippen LogP contribution in [-0.2, 0) is 11.2 Å². The number of hydrogen-bond acceptors (Lipinski definition) is 2. The predicted octanol–water partition coefficient (Wildman–Crippen LogP) is 5.00. The maximum absolute atomic E-state index is 10.8. The van der Waals surface area contributed by atoms with Crippen LogP contribution in [0.3, 0.4) is 0 Å². The Bertz CT molecular complexity index is 1100. The van der Waals surface area contributed by atoms with E-state index in [-0.39, 0.29) is 6.42 Å². The summed E-state index contributed by atoms with van der Waals surface area (Å²) in [6.45, 7) is 0. The van der Waals surface area contributed by atoms with Crippen LogP contribution in [0.25, 0.3) is 21.5 Å². The van der Waals surface area contributed by atoms with E-state index in [1.165, 1.54) is 0 Å². The molecule has 0 radical (unpaired) electrons. The topological polar surface area (TPSA) is 74.6 Å². The van der Waals surface area contributed by atoms with Crippen molar-refractivity contribution < 1.29 is 19.8 Å². The summed E-state index contributed by atoms with van der Waals surface area (Å²) in [5.74, 6) is -1.67. The standard InChI is InChI=1S/C12H10O2.C11H8O2/c13-12(14)8-10-6-3-5-9-4-1-2-7-11(9)10;12-11(13)10-7-3-5-8-4-1-2-6-9(8)10/h1-7H,8H2,(H,13,14);1-7H,(H,12,13). The zero-order chi connectivity index (χ0) is 19.2. The molecule has 4 nitrogen and oxygen atoms in total. The van der Waals surface area contributed by atoms with Gasteiger partial charge < -0.3 is 10.2 Å². The maximum atomic E-state index is 10.8. The molecule has 0 heterocycles. The molecule has 0 saturated carbocycles. The monoisotopic (exact) mass is 358 g/mol. The molecule has 0 aliphatic carbocycles. The first kappa shape index (κ1) is 18.1. The van der Waals surface area contributed by atoms with E-state index >= 15 is 0 Å². The molecular formula is C23H18O4. The third kappa shape index (κ3) is 4.30. The molecule has 0 atom stereocenters. The number of carboxylic acid groups (broad SMARTS) is 2. The number of aliphatic carboxylic acids is 1. The minimum absolute atomic E-state index is 0.0847. The normalized spacial score (nSPS) is 10.2. The lowest BCUT2D eigenvalue weighted by Crippen LogP contribution is -2.00. The third-order valence-corrected chi connectivity index (χ3v) is 4.24. The molecule has 4 aromatic rings. The van der Waals surface area contributed by atoms with Gasteiger partial charge in [-0.2, -0.15) is 0 Å². The Kier molecular flexibility index (Phi) is 5.47. The highest BCUT2D eigenvalue weighted by atomic mass is 16.4.